The zero-order valence-electron chi connectivity index (χ0n) is 18.0. The van der Waals surface area contributed by atoms with Crippen LogP contribution in [0.25, 0.3) is 22.0 Å². The lowest BCUT2D eigenvalue weighted by atomic mass is 9.99. The van der Waals surface area contributed by atoms with Crippen molar-refractivity contribution in [3.8, 4) is 17.2 Å². The van der Waals surface area contributed by atoms with E-state index in [-0.39, 0.29) is 23.7 Å². The molecule has 10 heteroatoms. The molecule has 34 heavy (non-hydrogen) atoms. The summed E-state index contributed by atoms with van der Waals surface area (Å²) in [6.45, 7) is 0.0691. The molecular formula is C24H21FN6O2S. The lowest BCUT2D eigenvalue weighted by Crippen LogP contribution is -2.16. The Bertz CT molecular complexity index is 1360. The first-order chi connectivity index (χ1) is 16.5. The van der Waals surface area contributed by atoms with E-state index in [1.807, 2.05) is 36.4 Å². The SMILES string of the molecule is N#Cc1c(N)ncnc1NCCc1nc2ccc(F)cc2c([S@+]([O-])CCO)c1-c1ccccc1. The Morgan fingerprint density at radius 3 is 2.71 bits per heavy atom. The average Bonchev–Trinajstić information content (AvgIpc) is 2.84. The molecule has 172 valence electrons. The third-order valence-corrected chi connectivity index (χ3v) is 6.62. The Labute approximate surface area is 198 Å². The molecule has 0 saturated heterocycles. The largest absolute Gasteiger partial charge is 0.611 e. The molecule has 2 aromatic carbocycles. The number of rotatable bonds is 8. The molecule has 2 aromatic heterocycles. The zero-order valence-corrected chi connectivity index (χ0v) is 18.8. The number of hydrogen-bond donors (Lipinski definition) is 3. The van der Waals surface area contributed by atoms with E-state index < -0.39 is 17.0 Å². The van der Waals surface area contributed by atoms with E-state index in [4.69, 9.17) is 10.7 Å². The van der Waals surface area contributed by atoms with E-state index in [0.29, 0.717) is 45.8 Å². The van der Waals surface area contributed by atoms with Crippen molar-refractivity contribution < 1.29 is 14.0 Å². The highest BCUT2D eigenvalue weighted by Gasteiger charge is 2.26. The van der Waals surface area contributed by atoms with Crippen molar-refractivity contribution in [3.63, 3.8) is 0 Å². The van der Waals surface area contributed by atoms with E-state index in [1.54, 1.807) is 6.07 Å². The average molecular weight is 477 g/mol. The third kappa shape index (κ3) is 4.77. The number of nitrogens with one attached hydrogen (secondary N) is 1. The highest BCUT2D eigenvalue weighted by Crippen LogP contribution is 2.36. The summed E-state index contributed by atoms with van der Waals surface area (Å²) in [4.78, 5) is 13.1. The standard InChI is InChI=1S/C24H21FN6O2S/c25-16-6-7-19-17(12-16)22(34(33)11-10-32)21(15-4-2-1-3-5-15)20(31-19)8-9-28-24-18(13-26)23(27)29-14-30-24/h1-7,12,14,32H,8-11H2,(H3,27,28,29,30)/t34-/m1/s1. The van der Waals surface area contributed by atoms with Crippen LogP contribution in [0.3, 0.4) is 0 Å². The number of hydrogen-bond acceptors (Lipinski definition) is 8. The number of fused-ring (bicyclic) bond motifs is 1. The normalized spacial score (nSPS) is 11.8. The second-order valence-corrected chi connectivity index (χ2v) is 8.84. The van der Waals surface area contributed by atoms with Crippen LogP contribution in [0.2, 0.25) is 0 Å². The van der Waals surface area contributed by atoms with Crippen molar-refractivity contribution in [2.45, 2.75) is 11.3 Å². The number of anilines is 2. The van der Waals surface area contributed by atoms with Gasteiger partial charge in [-0.15, -0.1) is 0 Å². The van der Waals surface area contributed by atoms with Gasteiger partial charge in [-0.2, -0.15) is 5.26 Å². The summed E-state index contributed by atoms with van der Waals surface area (Å²) in [5.74, 6) is -0.0603. The van der Waals surface area contributed by atoms with Crippen LogP contribution in [0, 0.1) is 17.1 Å². The van der Waals surface area contributed by atoms with Gasteiger partial charge in [-0.25, -0.2) is 14.4 Å². The molecule has 0 saturated carbocycles. The summed E-state index contributed by atoms with van der Waals surface area (Å²) >= 11 is -1.60. The molecule has 2 heterocycles. The van der Waals surface area contributed by atoms with Gasteiger partial charge < -0.3 is 20.7 Å². The van der Waals surface area contributed by atoms with Crippen LogP contribution in [-0.2, 0) is 17.6 Å². The van der Waals surface area contributed by atoms with E-state index in [0.717, 1.165) is 5.56 Å². The summed E-state index contributed by atoms with van der Waals surface area (Å²) in [5, 5.41) is 22.3. The molecule has 8 nitrogen and oxygen atoms in total. The molecule has 4 aromatic rings. The van der Waals surface area contributed by atoms with Crippen LogP contribution >= 0.6 is 0 Å². The number of benzene rings is 2. The molecular weight excluding hydrogens is 455 g/mol. The number of nitriles is 1. The predicted octanol–water partition coefficient (Wildman–Crippen LogP) is 3.04. The predicted molar refractivity (Wildman–Crippen MR) is 129 cm³/mol. The molecule has 1 atom stereocenters. The fourth-order valence-electron chi connectivity index (χ4n) is 3.70. The Morgan fingerprint density at radius 1 is 1.18 bits per heavy atom. The van der Waals surface area contributed by atoms with Gasteiger partial charge in [0.15, 0.2) is 4.90 Å². The Hall–Kier alpha value is -3.78. The summed E-state index contributed by atoms with van der Waals surface area (Å²) < 4.78 is 27.4. The monoisotopic (exact) mass is 476 g/mol. The van der Waals surface area contributed by atoms with Crippen molar-refractivity contribution in [2.24, 2.45) is 0 Å². The number of nitrogens with zero attached hydrogens (tertiary/aromatic N) is 4. The summed E-state index contributed by atoms with van der Waals surface area (Å²) in [5.41, 5.74) is 8.46. The molecule has 0 fully saturated rings. The topological polar surface area (TPSA) is 144 Å². The van der Waals surface area contributed by atoms with Gasteiger partial charge in [-0.1, -0.05) is 30.3 Å². The van der Waals surface area contributed by atoms with E-state index >= 15 is 0 Å². The molecule has 0 radical (unpaired) electrons. The van der Waals surface area contributed by atoms with Gasteiger partial charge in [0.2, 0.25) is 0 Å². The highest BCUT2D eigenvalue weighted by molar-refractivity contribution is 7.91. The first-order valence-electron chi connectivity index (χ1n) is 10.4. The fourth-order valence-corrected chi connectivity index (χ4v) is 4.94. The van der Waals surface area contributed by atoms with Crippen molar-refractivity contribution in [1.82, 2.24) is 15.0 Å². The minimum absolute atomic E-state index is 0.0128. The van der Waals surface area contributed by atoms with Gasteiger partial charge in [-0.05, 0) is 34.9 Å². The molecule has 0 aliphatic rings. The second kappa shape index (κ2) is 10.4. The van der Waals surface area contributed by atoms with Gasteiger partial charge in [0.05, 0.1) is 28.8 Å². The van der Waals surface area contributed by atoms with E-state index in [9.17, 15) is 19.3 Å². The maximum Gasteiger partial charge on any atom is 0.171 e. The molecule has 0 spiro atoms. The third-order valence-electron chi connectivity index (χ3n) is 5.18. The van der Waals surface area contributed by atoms with Crippen LogP contribution in [0.5, 0.6) is 0 Å². The lowest BCUT2D eigenvalue weighted by molar-refractivity contribution is 0.319. The molecule has 0 unspecified atom stereocenters. The van der Waals surface area contributed by atoms with Crippen molar-refractivity contribution >= 4 is 33.7 Å². The number of pyridine rings is 1. The van der Waals surface area contributed by atoms with Crippen LogP contribution in [0.4, 0.5) is 16.0 Å². The van der Waals surface area contributed by atoms with Crippen LogP contribution in [0.15, 0.2) is 59.8 Å². The molecule has 4 rings (SSSR count). The maximum atomic E-state index is 14.2. The van der Waals surface area contributed by atoms with Crippen LogP contribution in [-0.4, -0.2) is 43.5 Å². The van der Waals surface area contributed by atoms with Gasteiger partial charge in [0, 0.05) is 13.0 Å². The lowest BCUT2D eigenvalue weighted by Gasteiger charge is -2.19. The molecule has 4 N–H and O–H groups in total. The first-order valence-corrected chi connectivity index (χ1v) is 11.8. The molecule has 0 aliphatic heterocycles. The zero-order chi connectivity index (χ0) is 24.1. The Kier molecular flexibility index (Phi) is 7.18. The van der Waals surface area contributed by atoms with Crippen LogP contribution in [0.1, 0.15) is 11.3 Å². The van der Waals surface area contributed by atoms with E-state index in [1.165, 1.54) is 18.5 Å². The number of aromatic nitrogens is 3. The quantitative estimate of drug-likeness (QED) is 0.329. The highest BCUT2D eigenvalue weighted by atomic mass is 32.2. The van der Waals surface area contributed by atoms with Gasteiger partial charge in [0.1, 0.15) is 41.2 Å². The van der Waals surface area contributed by atoms with Gasteiger partial charge in [0.25, 0.3) is 0 Å². The number of aliphatic hydroxyl groups is 1. The van der Waals surface area contributed by atoms with Crippen LogP contribution < -0.4 is 11.1 Å². The van der Waals surface area contributed by atoms with Gasteiger partial charge >= 0.3 is 0 Å². The first kappa shape index (κ1) is 23.4. The number of aliphatic hydroxyl groups excluding tert-OH is 1. The van der Waals surface area contributed by atoms with Crippen molar-refractivity contribution in [3.05, 3.63) is 71.9 Å². The minimum atomic E-state index is -1.60. The summed E-state index contributed by atoms with van der Waals surface area (Å²) in [6, 6.07) is 15.5. The van der Waals surface area contributed by atoms with Crippen molar-refractivity contribution in [2.75, 3.05) is 30.0 Å². The maximum absolute atomic E-state index is 14.2. The Morgan fingerprint density at radius 2 is 1.97 bits per heavy atom. The number of nitrogen functional groups attached to an aromatic ring is 1. The van der Waals surface area contributed by atoms with Gasteiger partial charge in [-0.3, -0.25) is 4.98 Å². The van der Waals surface area contributed by atoms with E-state index in [2.05, 4.69) is 15.3 Å². The number of nitrogens with two attached hydrogens (primary N) is 1. The summed E-state index contributed by atoms with van der Waals surface area (Å²) in [7, 11) is 0. The fraction of sp³-hybridized carbons (Fsp3) is 0.167. The molecule has 0 amide bonds. The second-order valence-electron chi connectivity index (χ2n) is 7.33. The summed E-state index contributed by atoms with van der Waals surface area (Å²) in [6.07, 6.45) is 1.66. The molecule has 0 bridgehead atoms. The van der Waals surface area contributed by atoms with Crippen molar-refractivity contribution in [1.29, 1.82) is 5.26 Å². The number of halogens is 1. The minimum Gasteiger partial charge on any atom is -0.611 e. The Balaban J connectivity index is 1.82. The molecule has 0 aliphatic carbocycles. The smallest absolute Gasteiger partial charge is 0.171 e.